The number of carbonyl (C=O) groups excluding carboxylic acids is 2. The summed E-state index contributed by atoms with van der Waals surface area (Å²) in [7, 11) is 0. The van der Waals surface area contributed by atoms with Gasteiger partial charge in [-0.2, -0.15) is 0 Å². The second-order valence-corrected chi connectivity index (χ2v) is 5.80. The van der Waals surface area contributed by atoms with Gasteiger partial charge in [0.2, 0.25) is 0 Å². The molecule has 1 saturated heterocycles. The van der Waals surface area contributed by atoms with E-state index in [9.17, 15) is 9.59 Å². The van der Waals surface area contributed by atoms with Gasteiger partial charge in [0.25, 0.3) is 0 Å². The molecule has 2 heterocycles. The van der Waals surface area contributed by atoms with Gasteiger partial charge in [-0.25, -0.2) is 4.79 Å². The second kappa shape index (κ2) is 4.17. The number of hydrogen-bond donors (Lipinski definition) is 0. The summed E-state index contributed by atoms with van der Waals surface area (Å²) in [6, 6.07) is -0.118. The molecule has 0 saturated carbocycles. The van der Waals surface area contributed by atoms with E-state index in [0.717, 1.165) is 12.7 Å². The maximum Gasteiger partial charge on any atom is 0.410 e. The molecule has 0 spiro atoms. The van der Waals surface area contributed by atoms with Crippen molar-refractivity contribution < 1.29 is 14.3 Å². The average Bonchev–Trinajstić information content (AvgIpc) is 2.27. The Balaban J connectivity index is 2.10. The zero-order valence-electron chi connectivity index (χ0n) is 10.6. The van der Waals surface area contributed by atoms with E-state index in [1.54, 1.807) is 4.90 Å². The van der Waals surface area contributed by atoms with E-state index >= 15 is 0 Å². The highest BCUT2D eigenvalue weighted by molar-refractivity contribution is 5.71. The average molecular weight is 237 g/mol. The molecule has 0 aromatic heterocycles. The maximum absolute atomic E-state index is 12.0. The molecule has 0 aromatic rings. The summed E-state index contributed by atoms with van der Waals surface area (Å²) in [5.74, 6) is 0.217. The van der Waals surface area contributed by atoms with E-state index in [0.29, 0.717) is 12.5 Å². The number of aldehydes is 1. The van der Waals surface area contributed by atoms with Gasteiger partial charge in [0, 0.05) is 12.5 Å². The third-order valence-electron chi connectivity index (χ3n) is 3.19. The first-order chi connectivity index (χ1) is 7.90. The van der Waals surface area contributed by atoms with Gasteiger partial charge in [-0.05, 0) is 33.1 Å². The number of fused-ring (bicyclic) bond motifs is 2. The Morgan fingerprint density at radius 3 is 2.65 bits per heavy atom. The molecular weight excluding hydrogens is 218 g/mol. The van der Waals surface area contributed by atoms with Gasteiger partial charge in [-0.15, -0.1) is 0 Å². The summed E-state index contributed by atoms with van der Waals surface area (Å²) in [5, 5.41) is 0. The van der Waals surface area contributed by atoms with Crippen molar-refractivity contribution in [3.63, 3.8) is 0 Å². The van der Waals surface area contributed by atoms with Crippen molar-refractivity contribution in [1.29, 1.82) is 0 Å². The number of carbonyl (C=O) groups is 2. The summed E-state index contributed by atoms with van der Waals surface area (Å²) in [6.07, 6.45) is 5.55. The minimum Gasteiger partial charge on any atom is -0.444 e. The Labute approximate surface area is 102 Å². The predicted octanol–water partition coefficient (Wildman–Crippen LogP) is 2.00. The van der Waals surface area contributed by atoms with Crippen LogP contribution in [-0.4, -0.2) is 35.5 Å². The maximum atomic E-state index is 12.0. The molecule has 0 radical (unpaired) electrons. The second-order valence-electron chi connectivity index (χ2n) is 5.80. The van der Waals surface area contributed by atoms with Crippen molar-refractivity contribution in [2.75, 3.05) is 6.54 Å². The number of amides is 1. The van der Waals surface area contributed by atoms with Gasteiger partial charge in [-0.1, -0.05) is 12.2 Å². The van der Waals surface area contributed by atoms with E-state index < -0.39 is 5.60 Å². The normalized spacial score (nSPS) is 31.5. The molecule has 2 bridgehead atoms. The number of piperidine rings is 1. The topological polar surface area (TPSA) is 46.6 Å². The third kappa shape index (κ3) is 2.51. The standard InChI is InChI=1S/C13H19NO3/c1-13(2,3)17-12(16)14-7-9-4-5-11(14)10(6-9)8-15/h4-5,8-11H,6-7H2,1-3H3. The van der Waals surface area contributed by atoms with Gasteiger partial charge >= 0.3 is 6.09 Å². The fraction of sp³-hybridized carbons (Fsp3) is 0.692. The van der Waals surface area contributed by atoms with Crippen LogP contribution >= 0.6 is 0 Å². The highest BCUT2D eigenvalue weighted by atomic mass is 16.6. The van der Waals surface area contributed by atoms with E-state index in [4.69, 9.17) is 4.74 Å². The molecule has 3 unspecified atom stereocenters. The molecule has 4 heteroatoms. The lowest BCUT2D eigenvalue weighted by Crippen LogP contribution is -2.54. The first kappa shape index (κ1) is 12.1. The van der Waals surface area contributed by atoms with E-state index in [-0.39, 0.29) is 18.1 Å². The first-order valence-corrected chi connectivity index (χ1v) is 6.04. The summed E-state index contributed by atoms with van der Waals surface area (Å²) in [6.45, 7) is 6.21. The molecule has 0 aromatic carbocycles. The van der Waals surface area contributed by atoms with Crippen LogP contribution in [0.1, 0.15) is 27.2 Å². The molecule has 3 rings (SSSR count). The van der Waals surface area contributed by atoms with Crippen LogP contribution in [0.5, 0.6) is 0 Å². The van der Waals surface area contributed by atoms with E-state index in [1.807, 2.05) is 26.8 Å². The lowest BCUT2D eigenvalue weighted by atomic mass is 9.78. The van der Waals surface area contributed by atoms with E-state index in [2.05, 4.69) is 6.08 Å². The molecule has 1 aliphatic carbocycles. The quantitative estimate of drug-likeness (QED) is 0.517. The Morgan fingerprint density at radius 1 is 1.41 bits per heavy atom. The summed E-state index contributed by atoms with van der Waals surface area (Å²) in [4.78, 5) is 24.7. The van der Waals surface area contributed by atoms with Crippen molar-refractivity contribution in [1.82, 2.24) is 4.90 Å². The smallest absolute Gasteiger partial charge is 0.410 e. The van der Waals surface area contributed by atoms with Gasteiger partial charge in [-0.3, -0.25) is 0 Å². The van der Waals surface area contributed by atoms with Crippen molar-refractivity contribution in [2.24, 2.45) is 11.8 Å². The summed E-state index contributed by atoms with van der Waals surface area (Å²) >= 11 is 0. The monoisotopic (exact) mass is 237 g/mol. The van der Waals surface area contributed by atoms with Crippen LogP contribution < -0.4 is 0 Å². The molecular formula is C13H19NO3. The zero-order valence-corrected chi connectivity index (χ0v) is 10.6. The number of ether oxygens (including phenoxy) is 1. The van der Waals surface area contributed by atoms with E-state index in [1.165, 1.54) is 0 Å². The Bertz CT molecular complexity index is 356. The molecule has 2 aliphatic heterocycles. The van der Waals surface area contributed by atoms with Crippen molar-refractivity contribution in [2.45, 2.75) is 38.8 Å². The molecule has 94 valence electrons. The lowest BCUT2D eigenvalue weighted by Gasteiger charge is -2.44. The highest BCUT2D eigenvalue weighted by Crippen LogP contribution is 2.34. The molecule has 3 atom stereocenters. The molecule has 3 aliphatic rings. The molecule has 1 fully saturated rings. The number of nitrogens with zero attached hydrogens (tertiary/aromatic N) is 1. The van der Waals surface area contributed by atoms with Crippen LogP contribution in [-0.2, 0) is 9.53 Å². The van der Waals surface area contributed by atoms with Crippen LogP contribution in [0.15, 0.2) is 12.2 Å². The van der Waals surface area contributed by atoms with Crippen LogP contribution in [0.25, 0.3) is 0 Å². The van der Waals surface area contributed by atoms with Gasteiger partial charge in [0.05, 0.1) is 6.04 Å². The van der Waals surface area contributed by atoms with Crippen molar-refractivity contribution in [3.8, 4) is 0 Å². The van der Waals surface area contributed by atoms with Crippen LogP contribution in [0.2, 0.25) is 0 Å². The molecule has 1 amide bonds. The largest absolute Gasteiger partial charge is 0.444 e. The Morgan fingerprint density at radius 2 is 2.12 bits per heavy atom. The van der Waals surface area contributed by atoms with Gasteiger partial charge in [0.1, 0.15) is 11.9 Å². The Kier molecular flexibility index (Phi) is 2.98. The number of rotatable bonds is 1. The zero-order chi connectivity index (χ0) is 12.6. The first-order valence-electron chi connectivity index (χ1n) is 6.04. The highest BCUT2D eigenvalue weighted by Gasteiger charge is 2.41. The predicted molar refractivity (Wildman–Crippen MR) is 63.5 cm³/mol. The minimum atomic E-state index is -0.492. The van der Waals surface area contributed by atoms with Crippen molar-refractivity contribution in [3.05, 3.63) is 12.2 Å². The van der Waals surface area contributed by atoms with Crippen LogP contribution in [0.4, 0.5) is 4.79 Å². The molecule has 0 N–H and O–H groups in total. The molecule has 17 heavy (non-hydrogen) atoms. The fourth-order valence-corrected chi connectivity index (χ4v) is 2.48. The van der Waals surface area contributed by atoms with Crippen molar-refractivity contribution >= 4 is 12.4 Å². The SMILES string of the molecule is CC(C)(C)OC(=O)N1CC2C=CC1C(C=O)C2. The minimum absolute atomic E-state index is 0.0775. The van der Waals surface area contributed by atoms with Gasteiger partial charge in [0.15, 0.2) is 0 Å². The molecule has 4 nitrogen and oxygen atoms in total. The lowest BCUT2D eigenvalue weighted by molar-refractivity contribution is -0.114. The van der Waals surface area contributed by atoms with Crippen LogP contribution in [0, 0.1) is 11.8 Å². The van der Waals surface area contributed by atoms with Gasteiger partial charge < -0.3 is 14.4 Å². The fourth-order valence-electron chi connectivity index (χ4n) is 2.48. The third-order valence-corrected chi connectivity index (χ3v) is 3.19. The number of hydrogen-bond acceptors (Lipinski definition) is 3. The Hall–Kier alpha value is -1.32. The van der Waals surface area contributed by atoms with Crippen LogP contribution in [0.3, 0.4) is 0 Å². The summed E-state index contributed by atoms with van der Waals surface area (Å²) < 4.78 is 5.36. The summed E-state index contributed by atoms with van der Waals surface area (Å²) in [5.41, 5.74) is -0.492.